The van der Waals surface area contributed by atoms with Crippen LogP contribution in [0.4, 0.5) is 11.9 Å². The molecular formula is C15H24ClN8O6P. The number of aromatic nitrogens is 4. The molecule has 0 radical (unpaired) electrons. The molecule has 2 aromatic heterocycles. The van der Waals surface area contributed by atoms with E-state index in [-0.39, 0.29) is 18.9 Å². The molecule has 2 aromatic rings. The molecule has 2 rings (SSSR count). The summed E-state index contributed by atoms with van der Waals surface area (Å²) in [5.74, 6) is -0.690. The van der Waals surface area contributed by atoms with E-state index in [1.807, 2.05) is 6.92 Å². The second kappa shape index (κ2) is 10.8. The number of nitrogens with one attached hydrogen (secondary N) is 2. The van der Waals surface area contributed by atoms with E-state index in [0.717, 1.165) is 0 Å². The van der Waals surface area contributed by atoms with Crippen molar-refractivity contribution in [3.63, 3.8) is 0 Å². The molecule has 0 spiro atoms. The molecule has 0 aliphatic heterocycles. The summed E-state index contributed by atoms with van der Waals surface area (Å²) in [6.45, 7) is 4.10. The molecule has 31 heavy (non-hydrogen) atoms. The van der Waals surface area contributed by atoms with E-state index in [1.54, 1.807) is 6.92 Å². The first-order chi connectivity index (χ1) is 14.6. The molecule has 2 heterocycles. The van der Waals surface area contributed by atoms with Crippen LogP contribution in [0.25, 0.3) is 0 Å². The summed E-state index contributed by atoms with van der Waals surface area (Å²) in [7, 11) is -2.15. The first-order valence-corrected chi connectivity index (χ1v) is 11.4. The van der Waals surface area contributed by atoms with Crippen molar-refractivity contribution in [3.05, 3.63) is 44.0 Å². The fourth-order valence-corrected chi connectivity index (χ4v) is 4.63. The molecule has 0 bridgehead atoms. The molecule has 0 saturated carbocycles. The maximum Gasteiger partial charge on any atom is 0.434 e. The summed E-state index contributed by atoms with van der Waals surface area (Å²) in [6, 6.07) is 0. The van der Waals surface area contributed by atoms with Crippen LogP contribution in [-0.2, 0) is 29.1 Å². The lowest BCUT2D eigenvalue weighted by molar-refractivity contribution is -0.396. The first-order valence-electron chi connectivity index (χ1n) is 9.40. The van der Waals surface area contributed by atoms with Gasteiger partial charge in [0.05, 0.1) is 13.6 Å². The highest BCUT2D eigenvalue weighted by Crippen LogP contribution is 2.44. The van der Waals surface area contributed by atoms with E-state index < -0.39 is 29.6 Å². The summed E-state index contributed by atoms with van der Waals surface area (Å²) in [5, 5.41) is 25.0. The number of halogens is 1. The number of nitrogens with zero attached hydrogens (tertiary/aromatic N) is 6. The Bertz CT molecular complexity index is 979. The van der Waals surface area contributed by atoms with Crippen molar-refractivity contribution in [2.75, 3.05) is 6.54 Å². The summed E-state index contributed by atoms with van der Waals surface area (Å²) in [6.07, 6.45) is 3.29. The van der Waals surface area contributed by atoms with Gasteiger partial charge in [0.25, 0.3) is 0 Å². The van der Waals surface area contributed by atoms with Crippen LogP contribution in [0.1, 0.15) is 44.2 Å². The highest BCUT2D eigenvalue weighted by Gasteiger charge is 2.33. The van der Waals surface area contributed by atoms with Crippen molar-refractivity contribution in [1.29, 1.82) is 0 Å². The fourth-order valence-electron chi connectivity index (χ4n) is 3.09. The van der Waals surface area contributed by atoms with Crippen LogP contribution < -0.4 is 9.69 Å². The van der Waals surface area contributed by atoms with E-state index in [0.29, 0.717) is 30.8 Å². The average Bonchev–Trinajstić information content (AvgIpc) is 3.31. The maximum absolute atomic E-state index is 12.7. The van der Waals surface area contributed by atoms with Crippen LogP contribution in [-0.4, -0.2) is 35.5 Å². The third kappa shape index (κ3) is 6.08. The smallest absolute Gasteiger partial charge is 0.390 e. The Morgan fingerprint density at radius 2 is 2.00 bits per heavy atom. The number of hydrogen-bond acceptors (Lipinski definition) is 8. The standard InChI is InChI=1S/C15H24ClN8O6P/c1-4-7-18-31(29,20-16)30-11(2)13-12(19-15(21(13)3)24(27)28)6-5-9-22-10-8-17-14(22)23(25)26/h8,10-11H,4-7,9H2,1-3H3,(H2,18,20,29). The molecule has 2 atom stereocenters. The number of nitro groups is 2. The second-order valence-electron chi connectivity index (χ2n) is 6.63. The van der Waals surface area contributed by atoms with Gasteiger partial charge in [-0.15, -0.1) is 4.61 Å². The topological polar surface area (TPSA) is 172 Å². The molecular weight excluding hydrogens is 455 g/mol. The maximum atomic E-state index is 12.7. The zero-order valence-electron chi connectivity index (χ0n) is 17.2. The molecule has 0 aliphatic carbocycles. The summed E-state index contributed by atoms with van der Waals surface area (Å²) >= 11 is 5.60. The largest absolute Gasteiger partial charge is 0.434 e. The van der Waals surface area contributed by atoms with Crippen molar-refractivity contribution in [2.24, 2.45) is 7.05 Å². The molecule has 0 saturated heterocycles. The number of hydrogen-bond donors (Lipinski definition) is 2. The van der Waals surface area contributed by atoms with Gasteiger partial charge in [-0.3, -0.25) is 9.09 Å². The lowest BCUT2D eigenvalue weighted by atomic mass is 10.1. The Morgan fingerprint density at radius 1 is 1.32 bits per heavy atom. The van der Waals surface area contributed by atoms with E-state index >= 15 is 0 Å². The Balaban J connectivity index is 2.24. The monoisotopic (exact) mass is 478 g/mol. The SMILES string of the molecule is CCCNP(=O)(NCl)OC(C)c1c(CCCn2ccnc2[N+](=O)[O-])nc([N+](=O)[O-])n1C. The Labute approximate surface area is 182 Å². The predicted molar refractivity (Wildman–Crippen MR) is 111 cm³/mol. The van der Waals surface area contributed by atoms with Crippen LogP contribution in [0.3, 0.4) is 0 Å². The molecule has 2 N–H and O–H groups in total. The third-order valence-electron chi connectivity index (χ3n) is 4.40. The molecule has 0 aliphatic rings. The summed E-state index contributed by atoms with van der Waals surface area (Å²) < 4.78 is 23.1. The van der Waals surface area contributed by atoms with Gasteiger partial charge < -0.3 is 20.2 Å². The van der Waals surface area contributed by atoms with Crippen LogP contribution in [0.5, 0.6) is 0 Å². The van der Waals surface area contributed by atoms with Gasteiger partial charge in [-0.1, -0.05) is 16.9 Å². The number of aryl methyl sites for hydroxylation is 2. The average molecular weight is 479 g/mol. The zero-order chi connectivity index (χ0) is 23.2. The van der Waals surface area contributed by atoms with Gasteiger partial charge in [0.1, 0.15) is 24.2 Å². The first kappa shape index (κ1) is 24.9. The highest BCUT2D eigenvalue weighted by molar-refractivity contribution is 7.56. The quantitative estimate of drug-likeness (QED) is 0.188. The van der Waals surface area contributed by atoms with Gasteiger partial charge in [-0.05, 0) is 41.4 Å². The van der Waals surface area contributed by atoms with Gasteiger partial charge in [0, 0.05) is 13.0 Å². The Hall–Kier alpha value is -2.38. The van der Waals surface area contributed by atoms with Crippen LogP contribution >= 0.6 is 19.4 Å². The highest BCUT2D eigenvalue weighted by atomic mass is 35.5. The van der Waals surface area contributed by atoms with E-state index in [9.17, 15) is 24.8 Å². The van der Waals surface area contributed by atoms with E-state index in [2.05, 4.69) is 19.7 Å². The molecule has 0 amide bonds. The Morgan fingerprint density at radius 3 is 2.58 bits per heavy atom. The second-order valence-corrected chi connectivity index (χ2v) is 8.94. The lowest BCUT2D eigenvalue weighted by Gasteiger charge is -2.21. The zero-order valence-corrected chi connectivity index (χ0v) is 18.9. The molecule has 0 aromatic carbocycles. The fraction of sp³-hybridized carbons (Fsp3) is 0.600. The Kier molecular flexibility index (Phi) is 8.65. The third-order valence-corrected chi connectivity index (χ3v) is 6.54. The van der Waals surface area contributed by atoms with Gasteiger partial charge >= 0.3 is 19.6 Å². The predicted octanol–water partition coefficient (Wildman–Crippen LogP) is 2.99. The molecule has 172 valence electrons. The van der Waals surface area contributed by atoms with Crippen LogP contribution in [0.2, 0.25) is 0 Å². The molecule has 0 fully saturated rings. The van der Waals surface area contributed by atoms with Crippen molar-refractivity contribution in [3.8, 4) is 0 Å². The minimum Gasteiger partial charge on any atom is -0.390 e. The van der Waals surface area contributed by atoms with Crippen molar-refractivity contribution in [1.82, 2.24) is 28.8 Å². The minimum absolute atomic E-state index is 0.259. The molecule has 14 nitrogen and oxygen atoms in total. The van der Waals surface area contributed by atoms with Crippen LogP contribution in [0, 0.1) is 20.2 Å². The number of imidazole rings is 2. The normalized spacial score (nSPS) is 14.3. The summed E-state index contributed by atoms with van der Waals surface area (Å²) in [5.41, 5.74) is 0.721. The van der Waals surface area contributed by atoms with Crippen molar-refractivity contribution < 1.29 is 18.9 Å². The molecule has 2 unspecified atom stereocenters. The van der Waals surface area contributed by atoms with Gasteiger partial charge in [-0.2, -0.15) is 0 Å². The van der Waals surface area contributed by atoms with E-state index in [4.69, 9.17) is 16.3 Å². The lowest BCUT2D eigenvalue weighted by Crippen LogP contribution is -2.21. The van der Waals surface area contributed by atoms with E-state index in [1.165, 1.54) is 28.6 Å². The number of rotatable bonds is 13. The van der Waals surface area contributed by atoms with Crippen molar-refractivity contribution >= 4 is 31.3 Å². The summed E-state index contributed by atoms with van der Waals surface area (Å²) in [4.78, 5) is 28.9. The van der Waals surface area contributed by atoms with Gasteiger partial charge in [-0.25, -0.2) is 14.2 Å². The van der Waals surface area contributed by atoms with Gasteiger partial charge in [0.2, 0.25) is 0 Å². The van der Waals surface area contributed by atoms with Crippen molar-refractivity contribution in [2.45, 2.75) is 45.8 Å². The molecule has 16 heteroatoms. The minimum atomic E-state index is -3.61. The van der Waals surface area contributed by atoms with Crippen LogP contribution in [0.15, 0.2) is 12.4 Å². The van der Waals surface area contributed by atoms with Gasteiger partial charge in [0.15, 0.2) is 5.69 Å².